The van der Waals surface area contributed by atoms with Crippen molar-refractivity contribution in [2.24, 2.45) is 0 Å². The van der Waals surface area contributed by atoms with E-state index in [2.05, 4.69) is 0 Å². The van der Waals surface area contributed by atoms with Crippen molar-refractivity contribution in [1.29, 1.82) is 0 Å². The number of carbonyl (C=O) groups is 2. The molecule has 0 aromatic heterocycles. The molecule has 0 atom stereocenters. The maximum Gasteiger partial charge on any atom is 1.00 e. The first-order chi connectivity index (χ1) is 11.8. The number of ether oxygens (including phenoxy) is 2. The minimum Gasteiger partial charge on any atom is -0.546 e. The van der Waals surface area contributed by atoms with E-state index in [0.717, 1.165) is 11.1 Å². The topological polar surface area (TPSA) is 98.7 Å². The molecular formula is C19H18Na2O6. The van der Waals surface area contributed by atoms with Crippen molar-refractivity contribution in [2.45, 2.75) is 19.3 Å². The maximum atomic E-state index is 10.4. The van der Waals surface area contributed by atoms with E-state index >= 15 is 0 Å². The molecule has 0 bridgehead atoms. The number of carboxylic acids is 2. The van der Waals surface area contributed by atoms with Gasteiger partial charge in [0.05, 0.1) is 11.9 Å². The van der Waals surface area contributed by atoms with Crippen LogP contribution in [0.4, 0.5) is 0 Å². The average molecular weight is 388 g/mol. The molecule has 0 unspecified atom stereocenters. The van der Waals surface area contributed by atoms with Crippen LogP contribution in [0.3, 0.4) is 0 Å². The molecule has 0 aliphatic carbocycles. The van der Waals surface area contributed by atoms with Gasteiger partial charge in [0.2, 0.25) is 0 Å². The number of benzene rings is 2. The van der Waals surface area contributed by atoms with Gasteiger partial charge in [-0.2, -0.15) is 0 Å². The van der Waals surface area contributed by atoms with Gasteiger partial charge in [-0.1, -0.05) is 38.1 Å². The first-order valence-corrected chi connectivity index (χ1v) is 7.65. The van der Waals surface area contributed by atoms with E-state index in [1.54, 1.807) is 24.3 Å². The van der Waals surface area contributed by atoms with Crippen molar-refractivity contribution in [1.82, 2.24) is 0 Å². The van der Waals surface area contributed by atoms with Crippen LogP contribution < -0.4 is 78.8 Å². The third-order valence-corrected chi connectivity index (χ3v) is 3.87. The van der Waals surface area contributed by atoms with E-state index in [1.165, 1.54) is 0 Å². The molecule has 0 radical (unpaired) electrons. The number of hydrogen-bond acceptors (Lipinski definition) is 6. The molecular weight excluding hydrogens is 370 g/mol. The molecule has 6 nitrogen and oxygen atoms in total. The van der Waals surface area contributed by atoms with Crippen LogP contribution in [0, 0.1) is 0 Å². The van der Waals surface area contributed by atoms with E-state index in [1.807, 2.05) is 38.1 Å². The van der Waals surface area contributed by atoms with Crippen LogP contribution in [0.15, 0.2) is 48.5 Å². The summed E-state index contributed by atoms with van der Waals surface area (Å²) in [5.41, 5.74) is 1.70. The Kier molecular flexibility index (Phi) is 11.3. The molecule has 2 rings (SSSR count). The molecule has 132 valence electrons. The fraction of sp³-hybridized carbons (Fsp3) is 0.263. The second-order valence-corrected chi connectivity index (χ2v) is 6.00. The van der Waals surface area contributed by atoms with Crippen molar-refractivity contribution in [3.63, 3.8) is 0 Å². The zero-order valence-electron chi connectivity index (χ0n) is 16.0. The number of carboxylic acid groups (broad SMARTS) is 2. The van der Waals surface area contributed by atoms with E-state index in [4.69, 9.17) is 9.47 Å². The molecule has 2 aromatic carbocycles. The molecule has 0 saturated carbocycles. The predicted molar refractivity (Wildman–Crippen MR) is 86.0 cm³/mol. The molecule has 0 spiro atoms. The molecule has 0 aliphatic rings. The monoisotopic (exact) mass is 388 g/mol. The van der Waals surface area contributed by atoms with Gasteiger partial charge in [0, 0.05) is 5.41 Å². The van der Waals surface area contributed by atoms with Crippen LogP contribution in [0.5, 0.6) is 11.5 Å². The molecule has 0 amide bonds. The van der Waals surface area contributed by atoms with E-state index in [-0.39, 0.29) is 64.5 Å². The number of aliphatic carboxylic acids is 2. The summed E-state index contributed by atoms with van der Waals surface area (Å²) in [7, 11) is 0. The Morgan fingerprint density at radius 3 is 1.30 bits per heavy atom. The molecule has 0 fully saturated rings. The SMILES string of the molecule is CC(C)(c1ccc(OCC(=O)[O-])cc1)c1ccc(OCC(=O)[O-])cc1.[Na+].[Na+]. The van der Waals surface area contributed by atoms with Crippen LogP contribution in [0.25, 0.3) is 0 Å². The van der Waals surface area contributed by atoms with E-state index in [0.29, 0.717) is 11.5 Å². The third-order valence-electron chi connectivity index (χ3n) is 3.87. The number of hydrogen-bond donors (Lipinski definition) is 0. The summed E-state index contributed by atoms with van der Waals surface area (Å²) in [6.45, 7) is 3.11. The zero-order valence-corrected chi connectivity index (χ0v) is 20.0. The Morgan fingerprint density at radius 1 is 0.741 bits per heavy atom. The first kappa shape index (κ1) is 26.0. The molecule has 0 heterocycles. The third kappa shape index (κ3) is 7.86. The van der Waals surface area contributed by atoms with E-state index < -0.39 is 25.2 Å². The summed E-state index contributed by atoms with van der Waals surface area (Å²) in [5, 5.41) is 20.8. The van der Waals surface area contributed by atoms with Crippen molar-refractivity contribution in [3.8, 4) is 11.5 Å². The Balaban J connectivity index is 0.00000338. The van der Waals surface area contributed by atoms with Crippen LogP contribution in [-0.4, -0.2) is 25.2 Å². The molecule has 2 aromatic rings. The van der Waals surface area contributed by atoms with E-state index in [9.17, 15) is 19.8 Å². The Hall–Kier alpha value is -1.02. The normalized spacial score (nSPS) is 10.1. The quantitative estimate of drug-likeness (QED) is 0.418. The predicted octanol–water partition coefficient (Wildman–Crippen LogP) is -5.72. The Labute approximate surface area is 202 Å². The Morgan fingerprint density at radius 2 is 1.04 bits per heavy atom. The first-order valence-electron chi connectivity index (χ1n) is 7.65. The number of carbonyl (C=O) groups excluding carboxylic acids is 2. The summed E-state index contributed by atoms with van der Waals surface area (Å²) in [6.07, 6.45) is 0. The fourth-order valence-electron chi connectivity index (χ4n) is 2.39. The van der Waals surface area contributed by atoms with Gasteiger partial charge >= 0.3 is 59.1 Å². The van der Waals surface area contributed by atoms with Gasteiger partial charge in [-0.15, -0.1) is 0 Å². The minimum atomic E-state index is -1.27. The summed E-state index contributed by atoms with van der Waals surface area (Å²) < 4.78 is 10.1. The van der Waals surface area contributed by atoms with Crippen LogP contribution in [0.1, 0.15) is 25.0 Å². The second-order valence-electron chi connectivity index (χ2n) is 6.00. The van der Waals surface area contributed by atoms with Crippen LogP contribution in [0.2, 0.25) is 0 Å². The zero-order chi connectivity index (χ0) is 18.4. The maximum absolute atomic E-state index is 10.4. The van der Waals surface area contributed by atoms with Crippen molar-refractivity contribution in [2.75, 3.05) is 13.2 Å². The summed E-state index contributed by atoms with van der Waals surface area (Å²) in [6, 6.07) is 14.3. The smallest absolute Gasteiger partial charge is 0.546 e. The van der Waals surface area contributed by atoms with Gasteiger partial charge in [0.1, 0.15) is 24.7 Å². The Bertz CT molecular complexity index is 678. The van der Waals surface area contributed by atoms with Crippen LogP contribution in [-0.2, 0) is 15.0 Å². The van der Waals surface area contributed by atoms with Gasteiger partial charge in [-0.25, -0.2) is 0 Å². The largest absolute Gasteiger partial charge is 1.00 e. The molecule has 0 saturated heterocycles. The van der Waals surface area contributed by atoms with Gasteiger partial charge < -0.3 is 29.3 Å². The molecule has 27 heavy (non-hydrogen) atoms. The van der Waals surface area contributed by atoms with Crippen molar-refractivity contribution < 1.29 is 88.4 Å². The fourth-order valence-corrected chi connectivity index (χ4v) is 2.39. The van der Waals surface area contributed by atoms with Gasteiger partial charge in [-0.3, -0.25) is 0 Å². The van der Waals surface area contributed by atoms with Crippen molar-refractivity contribution in [3.05, 3.63) is 59.7 Å². The molecule has 0 aliphatic heterocycles. The molecule has 8 heteroatoms. The van der Waals surface area contributed by atoms with Crippen LogP contribution >= 0.6 is 0 Å². The molecule has 0 N–H and O–H groups in total. The van der Waals surface area contributed by atoms with Gasteiger partial charge in [0.15, 0.2) is 0 Å². The number of rotatable bonds is 8. The van der Waals surface area contributed by atoms with Gasteiger partial charge in [0.25, 0.3) is 0 Å². The standard InChI is InChI=1S/C19H20O6.2Na/c1-19(2,13-3-7-15(8-4-13)24-11-17(20)21)14-5-9-16(10-6-14)25-12-18(22)23;;/h3-10H,11-12H2,1-2H3,(H,20,21)(H,22,23);;/q;2*+1/p-2. The minimum absolute atomic E-state index is 0. The summed E-state index contributed by atoms with van der Waals surface area (Å²) in [5.74, 6) is -1.64. The summed E-state index contributed by atoms with van der Waals surface area (Å²) >= 11 is 0. The second kappa shape index (κ2) is 11.7. The summed E-state index contributed by atoms with van der Waals surface area (Å²) in [4.78, 5) is 20.8. The average Bonchev–Trinajstić information content (AvgIpc) is 2.59. The van der Waals surface area contributed by atoms with Crippen molar-refractivity contribution >= 4 is 11.9 Å². The van der Waals surface area contributed by atoms with Gasteiger partial charge in [-0.05, 0) is 35.4 Å².